The molecule has 0 spiro atoms. The number of amides is 3. The monoisotopic (exact) mass is 575 g/mol. The first-order valence-corrected chi connectivity index (χ1v) is 14.3. The Morgan fingerprint density at radius 1 is 1.03 bits per heavy atom. The van der Waals surface area contributed by atoms with E-state index in [1.165, 1.54) is 24.3 Å². The van der Waals surface area contributed by atoms with Crippen molar-refractivity contribution in [1.29, 1.82) is 0 Å². The van der Waals surface area contributed by atoms with Crippen LogP contribution in [-0.2, 0) is 32.0 Å². The minimum Gasteiger partial charge on any atom is -0.480 e. The van der Waals surface area contributed by atoms with Gasteiger partial charge >= 0.3 is 5.97 Å². The standard InChI is InChI=1S/C25H33N7O5S2/c1-39-7-6-19(25(36)37)30-24(35)21(12-38)32-23(34)20(9-15-11-27-13-29-15)31-22(33)17(26)8-14-10-28-18-5-3-2-4-16(14)18/h2-5,10-11,13,17,19-21,28,38H,6-9,12,26H2,1H3,(H,27,29)(H,30,35)(H,31,33)(H,32,34)(H,36,37). The summed E-state index contributed by atoms with van der Waals surface area (Å²) in [6, 6.07) is 3.38. The number of hydrogen-bond acceptors (Lipinski definition) is 8. The zero-order valence-electron chi connectivity index (χ0n) is 21.3. The van der Waals surface area contributed by atoms with Gasteiger partial charge in [0.15, 0.2) is 0 Å². The molecule has 8 N–H and O–H groups in total. The molecule has 3 aromatic rings. The van der Waals surface area contributed by atoms with E-state index in [0.29, 0.717) is 11.4 Å². The number of carboxylic acid groups (broad SMARTS) is 1. The molecule has 0 saturated heterocycles. The van der Waals surface area contributed by atoms with E-state index in [0.717, 1.165) is 16.5 Å². The molecule has 3 amide bonds. The van der Waals surface area contributed by atoms with E-state index in [-0.39, 0.29) is 25.0 Å². The second-order valence-electron chi connectivity index (χ2n) is 8.94. The van der Waals surface area contributed by atoms with Crippen LogP contribution in [0.4, 0.5) is 0 Å². The number of aromatic amines is 2. The maximum atomic E-state index is 13.2. The van der Waals surface area contributed by atoms with Gasteiger partial charge < -0.3 is 36.8 Å². The lowest BCUT2D eigenvalue weighted by atomic mass is 10.0. The van der Waals surface area contributed by atoms with Crippen molar-refractivity contribution in [3.8, 4) is 0 Å². The van der Waals surface area contributed by atoms with Gasteiger partial charge in [0.25, 0.3) is 0 Å². The number of nitrogens with one attached hydrogen (secondary N) is 5. The van der Waals surface area contributed by atoms with Crippen molar-refractivity contribution in [2.24, 2.45) is 5.73 Å². The lowest BCUT2D eigenvalue weighted by Crippen LogP contribution is -2.58. The molecule has 14 heteroatoms. The molecule has 0 bridgehead atoms. The number of thioether (sulfide) groups is 1. The van der Waals surface area contributed by atoms with Crippen molar-refractivity contribution in [3.05, 3.63) is 54.2 Å². The van der Waals surface area contributed by atoms with Crippen LogP contribution in [0, 0.1) is 0 Å². The third-order valence-electron chi connectivity index (χ3n) is 6.10. The number of carbonyl (C=O) groups excluding carboxylic acids is 3. The van der Waals surface area contributed by atoms with Crippen LogP contribution in [-0.4, -0.2) is 85.7 Å². The lowest BCUT2D eigenvalue weighted by molar-refractivity contribution is -0.142. The van der Waals surface area contributed by atoms with Crippen LogP contribution in [0.1, 0.15) is 17.7 Å². The van der Waals surface area contributed by atoms with Gasteiger partial charge in [-0.25, -0.2) is 9.78 Å². The highest BCUT2D eigenvalue weighted by Crippen LogP contribution is 2.19. The van der Waals surface area contributed by atoms with Crippen molar-refractivity contribution >= 4 is 59.0 Å². The predicted molar refractivity (Wildman–Crippen MR) is 153 cm³/mol. The van der Waals surface area contributed by atoms with Crippen molar-refractivity contribution in [3.63, 3.8) is 0 Å². The van der Waals surface area contributed by atoms with E-state index < -0.39 is 47.9 Å². The Balaban J connectivity index is 1.68. The van der Waals surface area contributed by atoms with E-state index in [1.807, 2.05) is 30.5 Å². The number of imidazole rings is 1. The van der Waals surface area contributed by atoms with Gasteiger partial charge in [-0.2, -0.15) is 24.4 Å². The van der Waals surface area contributed by atoms with Crippen LogP contribution in [0.5, 0.6) is 0 Å². The number of aliphatic carboxylic acids is 1. The largest absolute Gasteiger partial charge is 0.480 e. The van der Waals surface area contributed by atoms with Crippen LogP contribution >= 0.6 is 24.4 Å². The Labute approximate surface area is 235 Å². The van der Waals surface area contributed by atoms with Gasteiger partial charge in [0.05, 0.1) is 12.4 Å². The number of rotatable bonds is 15. The number of carboxylic acids is 1. The fourth-order valence-electron chi connectivity index (χ4n) is 3.97. The number of fused-ring (bicyclic) bond motifs is 1. The van der Waals surface area contributed by atoms with Gasteiger partial charge in [-0.3, -0.25) is 14.4 Å². The summed E-state index contributed by atoms with van der Waals surface area (Å²) < 4.78 is 0. The van der Waals surface area contributed by atoms with Crippen molar-refractivity contribution in [2.75, 3.05) is 17.8 Å². The Morgan fingerprint density at radius 2 is 1.72 bits per heavy atom. The Kier molecular flexibility index (Phi) is 11.3. The van der Waals surface area contributed by atoms with Crippen LogP contribution in [0.3, 0.4) is 0 Å². The first-order valence-electron chi connectivity index (χ1n) is 12.2. The maximum Gasteiger partial charge on any atom is 0.326 e. The number of thiol groups is 1. The quantitative estimate of drug-likeness (QED) is 0.118. The molecule has 0 saturated carbocycles. The first-order chi connectivity index (χ1) is 18.7. The molecule has 2 aromatic heterocycles. The number of carbonyl (C=O) groups is 4. The Hall–Kier alpha value is -3.49. The topological polar surface area (TPSA) is 195 Å². The number of nitrogens with two attached hydrogens (primary N) is 1. The van der Waals surface area contributed by atoms with Crippen LogP contribution in [0.2, 0.25) is 0 Å². The molecule has 2 heterocycles. The molecule has 210 valence electrons. The zero-order chi connectivity index (χ0) is 28.4. The van der Waals surface area contributed by atoms with Gasteiger partial charge in [-0.1, -0.05) is 18.2 Å². The molecule has 0 aliphatic heterocycles. The maximum absolute atomic E-state index is 13.2. The normalized spacial score (nSPS) is 14.2. The van der Waals surface area contributed by atoms with Gasteiger partial charge in [0.1, 0.15) is 18.1 Å². The molecule has 0 aliphatic rings. The van der Waals surface area contributed by atoms with Gasteiger partial charge in [-0.05, 0) is 36.5 Å². The van der Waals surface area contributed by atoms with Gasteiger partial charge in [0, 0.05) is 41.2 Å². The van der Waals surface area contributed by atoms with Gasteiger partial charge in [-0.15, -0.1) is 0 Å². The summed E-state index contributed by atoms with van der Waals surface area (Å²) >= 11 is 5.61. The van der Waals surface area contributed by atoms with Crippen LogP contribution in [0.25, 0.3) is 10.9 Å². The molecule has 4 unspecified atom stereocenters. The summed E-state index contributed by atoms with van der Waals surface area (Å²) in [5, 5.41) is 18.1. The minimum absolute atomic E-state index is 0.0593. The van der Waals surface area contributed by atoms with E-state index in [9.17, 15) is 24.3 Å². The second kappa shape index (κ2) is 14.6. The molecule has 0 fully saturated rings. The summed E-state index contributed by atoms with van der Waals surface area (Å²) in [6.07, 6.45) is 7.11. The average molecular weight is 576 g/mol. The summed E-state index contributed by atoms with van der Waals surface area (Å²) in [6.45, 7) is 0. The highest BCUT2D eigenvalue weighted by Gasteiger charge is 2.30. The van der Waals surface area contributed by atoms with Crippen LogP contribution < -0.4 is 21.7 Å². The average Bonchev–Trinajstić information content (AvgIpc) is 3.58. The Bertz CT molecular complexity index is 1270. The van der Waals surface area contributed by atoms with E-state index in [2.05, 4.69) is 43.5 Å². The molecule has 39 heavy (non-hydrogen) atoms. The minimum atomic E-state index is -1.17. The molecule has 4 atom stereocenters. The fraction of sp³-hybridized carbons (Fsp3) is 0.400. The number of aromatic nitrogens is 3. The number of benzene rings is 1. The zero-order valence-corrected chi connectivity index (χ0v) is 23.1. The highest BCUT2D eigenvalue weighted by molar-refractivity contribution is 7.98. The molecule has 3 rings (SSSR count). The molecule has 0 aliphatic carbocycles. The van der Waals surface area contributed by atoms with E-state index in [4.69, 9.17) is 5.73 Å². The summed E-state index contributed by atoms with van der Waals surface area (Å²) in [5.74, 6) is -2.61. The molecular formula is C25H33N7O5S2. The molecule has 1 aromatic carbocycles. The Morgan fingerprint density at radius 3 is 2.38 bits per heavy atom. The van der Waals surface area contributed by atoms with Crippen molar-refractivity contribution < 1.29 is 24.3 Å². The molecule has 12 nitrogen and oxygen atoms in total. The van der Waals surface area contributed by atoms with Crippen molar-refractivity contribution in [1.82, 2.24) is 30.9 Å². The fourth-order valence-corrected chi connectivity index (χ4v) is 4.69. The number of H-pyrrole nitrogens is 2. The highest BCUT2D eigenvalue weighted by atomic mass is 32.2. The third kappa shape index (κ3) is 8.50. The van der Waals surface area contributed by atoms with Crippen LogP contribution in [0.15, 0.2) is 43.0 Å². The van der Waals surface area contributed by atoms with E-state index in [1.54, 1.807) is 6.20 Å². The summed E-state index contributed by atoms with van der Waals surface area (Å²) in [5.41, 5.74) is 8.58. The third-order valence-corrected chi connectivity index (χ3v) is 7.11. The van der Waals surface area contributed by atoms with Crippen molar-refractivity contribution in [2.45, 2.75) is 43.4 Å². The number of hydrogen-bond donors (Lipinski definition) is 8. The summed E-state index contributed by atoms with van der Waals surface area (Å²) in [4.78, 5) is 60.6. The van der Waals surface area contributed by atoms with E-state index >= 15 is 0 Å². The van der Waals surface area contributed by atoms with Gasteiger partial charge in [0.2, 0.25) is 17.7 Å². The molecular weight excluding hydrogens is 542 g/mol. The first kappa shape index (κ1) is 30.1. The number of para-hydroxylation sites is 1. The molecule has 0 radical (unpaired) electrons. The lowest BCUT2D eigenvalue weighted by Gasteiger charge is -2.24. The predicted octanol–water partition coefficient (Wildman–Crippen LogP) is 0.225. The number of nitrogens with zero attached hydrogens (tertiary/aromatic N) is 1. The second-order valence-corrected chi connectivity index (χ2v) is 10.3. The summed E-state index contributed by atoms with van der Waals surface area (Å²) in [7, 11) is 0. The smallest absolute Gasteiger partial charge is 0.326 e. The SMILES string of the molecule is CSCCC(NC(=O)C(CS)NC(=O)C(Cc1cnc[nH]1)NC(=O)C(N)Cc1c[nH]c2ccccc12)C(=O)O.